The van der Waals surface area contributed by atoms with Crippen LogP contribution < -0.4 is 5.32 Å². The zero-order chi connectivity index (χ0) is 12.5. The third kappa shape index (κ3) is 2.49. The lowest BCUT2D eigenvalue weighted by atomic mass is 10.2. The molecule has 1 aliphatic heterocycles. The van der Waals surface area contributed by atoms with E-state index in [9.17, 15) is 4.79 Å². The van der Waals surface area contributed by atoms with Gasteiger partial charge in [-0.15, -0.1) is 0 Å². The summed E-state index contributed by atoms with van der Waals surface area (Å²) in [6.07, 6.45) is 5.24. The summed E-state index contributed by atoms with van der Waals surface area (Å²) in [6.45, 7) is 2.06. The van der Waals surface area contributed by atoms with Gasteiger partial charge in [0.1, 0.15) is 5.15 Å². The van der Waals surface area contributed by atoms with Crippen molar-refractivity contribution in [2.75, 3.05) is 13.1 Å². The number of hydrogen-bond acceptors (Lipinski definition) is 3. The number of amides is 1. The van der Waals surface area contributed by atoms with E-state index in [-0.39, 0.29) is 17.1 Å². The first-order valence-corrected chi connectivity index (χ1v) is 6.77. The van der Waals surface area contributed by atoms with Gasteiger partial charge in [-0.05, 0) is 31.4 Å². The first-order valence-electron chi connectivity index (χ1n) is 6.39. The van der Waals surface area contributed by atoms with Gasteiger partial charge in [0, 0.05) is 31.4 Å². The van der Waals surface area contributed by atoms with Gasteiger partial charge in [0.2, 0.25) is 0 Å². The minimum atomic E-state index is -0.115. The standard InChI is InChI=1S/C13H16ClN3O/c14-12-11(2-1-6-15-12)13(18)16-9-5-7-17(8-9)10-3-4-10/h1-2,6,9-10H,3-5,7-8H2,(H,16,18). The third-order valence-electron chi connectivity index (χ3n) is 3.62. The SMILES string of the molecule is O=C(NC1CCN(C2CC2)C1)c1cccnc1Cl. The molecule has 2 aliphatic rings. The Morgan fingerprint density at radius 2 is 2.28 bits per heavy atom. The number of rotatable bonds is 3. The minimum Gasteiger partial charge on any atom is -0.348 e. The number of halogens is 1. The summed E-state index contributed by atoms with van der Waals surface area (Å²) in [4.78, 5) is 18.4. The first-order chi connectivity index (χ1) is 8.74. The van der Waals surface area contributed by atoms with E-state index in [0.29, 0.717) is 5.56 Å². The molecule has 0 aromatic carbocycles. The van der Waals surface area contributed by atoms with Gasteiger partial charge in [-0.3, -0.25) is 9.69 Å². The molecule has 96 valence electrons. The van der Waals surface area contributed by atoms with Crippen molar-refractivity contribution in [3.63, 3.8) is 0 Å². The van der Waals surface area contributed by atoms with E-state index < -0.39 is 0 Å². The number of hydrogen-bond donors (Lipinski definition) is 1. The second-order valence-corrected chi connectivity index (χ2v) is 5.38. The van der Waals surface area contributed by atoms with Crippen LogP contribution in [-0.4, -0.2) is 41.0 Å². The van der Waals surface area contributed by atoms with Crippen LogP contribution in [0.15, 0.2) is 18.3 Å². The van der Waals surface area contributed by atoms with E-state index in [4.69, 9.17) is 11.6 Å². The fraction of sp³-hybridized carbons (Fsp3) is 0.538. The quantitative estimate of drug-likeness (QED) is 0.846. The number of aromatic nitrogens is 1. The van der Waals surface area contributed by atoms with Crippen molar-refractivity contribution in [1.82, 2.24) is 15.2 Å². The van der Waals surface area contributed by atoms with E-state index in [2.05, 4.69) is 15.2 Å². The van der Waals surface area contributed by atoms with Gasteiger partial charge in [0.15, 0.2) is 0 Å². The van der Waals surface area contributed by atoms with Gasteiger partial charge in [0.25, 0.3) is 5.91 Å². The molecule has 3 rings (SSSR count). The van der Waals surface area contributed by atoms with Crippen LogP contribution in [0.1, 0.15) is 29.6 Å². The molecule has 1 saturated carbocycles. The van der Waals surface area contributed by atoms with Crippen molar-refractivity contribution < 1.29 is 4.79 Å². The summed E-state index contributed by atoms with van der Waals surface area (Å²) >= 11 is 5.91. The summed E-state index contributed by atoms with van der Waals surface area (Å²) in [6, 6.07) is 4.45. The van der Waals surface area contributed by atoms with Crippen molar-refractivity contribution in [2.24, 2.45) is 0 Å². The molecule has 1 aliphatic carbocycles. The Bertz CT molecular complexity index is 461. The molecule has 1 aromatic rings. The number of pyridine rings is 1. The number of nitrogens with zero attached hydrogens (tertiary/aromatic N) is 2. The molecule has 2 fully saturated rings. The number of likely N-dealkylation sites (tertiary alicyclic amines) is 1. The molecule has 0 bridgehead atoms. The van der Waals surface area contributed by atoms with E-state index in [1.165, 1.54) is 12.8 Å². The summed E-state index contributed by atoms with van der Waals surface area (Å²) in [5.41, 5.74) is 0.462. The van der Waals surface area contributed by atoms with E-state index >= 15 is 0 Å². The highest BCUT2D eigenvalue weighted by Crippen LogP contribution is 2.29. The molecule has 4 nitrogen and oxygen atoms in total. The summed E-state index contributed by atoms with van der Waals surface area (Å²) in [5, 5.41) is 3.31. The lowest BCUT2D eigenvalue weighted by molar-refractivity contribution is 0.0937. The van der Waals surface area contributed by atoms with Crippen LogP contribution in [0.5, 0.6) is 0 Å². The van der Waals surface area contributed by atoms with E-state index in [1.54, 1.807) is 18.3 Å². The maximum atomic E-state index is 12.1. The molecular weight excluding hydrogens is 250 g/mol. The van der Waals surface area contributed by atoms with Crippen LogP contribution in [0.2, 0.25) is 5.15 Å². The van der Waals surface area contributed by atoms with Gasteiger partial charge < -0.3 is 5.32 Å². The van der Waals surface area contributed by atoms with Crippen molar-refractivity contribution >= 4 is 17.5 Å². The van der Waals surface area contributed by atoms with Crippen LogP contribution in [0.4, 0.5) is 0 Å². The van der Waals surface area contributed by atoms with E-state index in [0.717, 1.165) is 25.6 Å². The third-order valence-corrected chi connectivity index (χ3v) is 3.92. The normalized spacial score (nSPS) is 24.2. The lowest BCUT2D eigenvalue weighted by Crippen LogP contribution is -2.37. The molecule has 1 amide bonds. The highest BCUT2D eigenvalue weighted by Gasteiger charge is 2.34. The number of carbonyl (C=O) groups excluding carboxylic acids is 1. The summed E-state index contributed by atoms with van der Waals surface area (Å²) in [5.74, 6) is -0.115. The van der Waals surface area contributed by atoms with Gasteiger partial charge in [-0.1, -0.05) is 11.6 Å². The minimum absolute atomic E-state index is 0.115. The fourth-order valence-corrected chi connectivity index (χ4v) is 2.70. The molecule has 1 atom stereocenters. The van der Waals surface area contributed by atoms with Crippen LogP contribution in [0, 0.1) is 0 Å². The summed E-state index contributed by atoms with van der Waals surface area (Å²) < 4.78 is 0. The second kappa shape index (κ2) is 4.86. The monoisotopic (exact) mass is 265 g/mol. The number of carbonyl (C=O) groups is 1. The molecule has 0 spiro atoms. The summed E-state index contributed by atoms with van der Waals surface area (Å²) in [7, 11) is 0. The zero-order valence-corrected chi connectivity index (χ0v) is 10.9. The predicted octanol–water partition coefficient (Wildman–Crippen LogP) is 1.70. The Balaban J connectivity index is 1.60. The predicted molar refractivity (Wildman–Crippen MR) is 69.7 cm³/mol. The smallest absolute Gasteiger partial charge is 0.254 e. The van der Waals surface area contributed by atoms with Crippen molar-refractivity contribution in [1.29, 1.82) is 0 Å². The molecule has 2 heterocycles. The average molecular weight is 266 g/mol. The van der Waals surface area contributed by atoms with Crippen LogP contribution in [-0.2, 0) is 0 Å². The van der Waals surface area contributed by atoms with Gasteiger partial charge in [0.05, 0.1) is 5.56 Å². The Morgan fingerprint density at radius 1 is 1.44 bits per heavy atom. The lowest BCUT2D eigenvalue weighted by Gasteiger charge is -2.15. The molecule has 1 N–H and O–H groups in total. The largest absolute Gasteiger partial charge is 0.348 e. The Morgan fingerprint density at radius 3 is 3.00 bits per heavy atom. The molecule has 1 unspecified atom stereocenters. The van der Waals surface area contributed by atoms with Crippen LogP contribution in [0.3, 0.4) is 0 Å². The van der Waals surface area contributed by atoms with Crippen molar-refractivity contribution in [3.8, 4) is 0 Å². The molecule has 5 heteroatoms. The van der Waals surface area contributed by atoms with Crippen LogP contribution >= 0.6 is 11.6 Å². The Labute approximate surface area is 111 Å². The molecular formula is C13H16ClN3O. The van der Waals surface area contributed by atoms with Crippen molar-refractivity contribution in [3.05, 3.63) is 29.0 Å². The topological polar surface area (TPSA) is 45.2 Å². The van der Waals surface area contributed by atoms with Gasteiger partial charge in [-0.2, -0.15) is 0 Å². The molecule has 0 radical (unpaired) electrons. The maximum Gasteiger partial charge on any atom is 0.254 e. The number of nitrogens with one attached hydrogen (secondary N) is 1. The molecule has 1 saturated heterocycles. The molecule has 1 aromatic heterocycles. The van der Waals surface area contributed by atoms with Crippen LogP contribution in [0.25, 0.3) is 0 Å². The van der Waals surface area contributed by atoms with Crippen molar-refractivity contribution in [2.45, 2.75) is 31.3 Å². The second-order valence-electron chi connectivity index (χ2n) is 5.03. The zero-order valence-electron chi connectivity index (χ0n) is 10.1. The Hall–Kier alpha value is -1.13. The maximum absolute atomic E-state index is 12.1. The molecule has 18 heavy (non-hydrogen) atoms. The van der Waals surface area contributed by atoms with Gasteiger partial charge >= 0.3 is 0 Å². The Kier molecular flexibility index (Phi) is 3.22. The van der Waals surface area contributed by atoms with Gasteiger partial charge in [-0.25, -0.2) is 4.98 Å². The first kappa shape index (κ1) is 11.9. The fourth-order valence-electron chi connectivity index (χ4n) is 2.50. The average Bonchev–Trinajstić information content (AvgIpc) is 3.11. The highest BCUT2D eigenvalue weighted by molar-refractivity contribution is 6.32. The van der Waals surface area contributed by atoms with E-state index in [1.807, 2.05) is 0 Å². The highest BCUT2D eigenvalue weighted by atomic mass is 35.5.